The summed E-state index contributed by atoms with van der Waals surface area (Å²) in [5.74, 6) is 0. The van der Waals surface area contributed by atoms with Crippen molar-refractivity contribution in [1.82, 2.24) is 4.90 Å². The van der Waals surface area contributed by atoms with Crippen LogP contribution < -0.4 is 0 Å². The molecule has 0 aliphatic carbocycles. The van der Waals surface area contributed by atoms with E-state index < -0.39 is 18.8 Å². The number of nitrogens with zero attached hydrogens (tertiary/aromatic N) is 1. The molecule has 5 heteroatoms. The van der Waals surface area contributed by atoms with Gasteiger partial charge in [0.05, 0.1) is 12.6 Å². The fourth-order valence-corrected chi connectivity index (χ4v) is 0.822. The maximum Gasteiger partial charge on any atom is 0.401 e. The molecule has 0 aromatic carbocycles. The van der Waals surface area contributed by atoms with Crippen LogP contribution in [0.4, 0.5) is 13.2 Å². The van der Waals surface area contributed by atoms with Gasteiger partial charge in [0.15, 0.2) is 0 Å². The minimum Gasteiger partial charge on any atom is -0.392 e. The largest absolute Gasteiger partial charge is 0.401 e. The summed E-state index contributed by atoms with van der Waals surface area (Å²) in [6, 6.07) is 0. The quantitative estimate of drug-likeness (QED) is 0.680. The van der Waals surface area contributed by atoms with E-state index in [2.05, 4.69) is 0 Å². The van der Waals surface area contributed by atoms with Gasteiger partial charge in [0.25, 0.3) is 0 Å². The lowest BCUT2D eigenvalue weighted by Crippen LogP contribution is -2.35. The first-order valence-corrected chi connectivity index (χ1v) is 3.24. The van der Waals surface area contributed by atoms with Gasteiger partial charge in [-0.25, -0.2) is 0 Å². The second-order valence-electron chi connectivity index (χ2n) is 2.66. The van der Waals surface area contributed by atoms with Crippen LogP contribution in [-0.2, 0) is 0 Å². The molecule has 0 unspecified atom stereocenters. The third-order valence-corrected chi connectivity index (χ3v) is 1.03. The highest BCUT2D eigenvalue weighted by molar-refractivity contribution is 4.60. The van der Waals surface area contributed by atoms with Crippen LogP contribution >= 0.6 is 0 Å². The number of likely N-dealkylation sites (N-methyl/N-ethyl adjacent to an activating group) is 1. The van der Waals surface area contributed by atoms with Crippen molar-refractivity contribution in [2.75, 3.05) is 20.1 Å². The molecule has 0 saturated heterocycles. The van der Waals surface area contributed by atoms with E-state index in [1.807, 2.05) is 0 Å². The Labute approximate surface area is 63.6 Å². The lowest BCUT2D eigenvalue weighted by Gasteiger charge is -2.19. The Hall–Kier alpha value is -0.290. The summed E-state index contributed by atoms with van der Waals surface area (Å²) >= 11 is 0. The van der Waals surface area contributed by atoms with Gasteiger partial charge in [0, 0.05) is 6.54 Å². The van der Waals surface area contributed by atoms with Crippen LogP contribution in [0, 0.1) is 0 Å². The summed E-state index contributed by atoms with van der Waals surface area (Å²) in [7, 11) is 1.32. The van der Waals surface area contributed by atoms with Crippen LogP contribution in [0.25, 0.3) is 0 Å². The Morgan fingerprint density at radius 1 is 1.45 bits per heavy atom. The zero-order valence-electron chi connectivity index (χ0n) is 6.52. The lowest BCUT2D eigenvalue weighted by atomic mass is 10.4. The molecule has 0 aromatic heterocycles. The molecular weight excluding hydrogens is 159 g/mol. The Bertz CT molecular complexity index is 113. The Balaban J connectivity index is 3.61. The fourth-order valence-electron chi connectivity index (χ4n) is 0.822. The van der Waals surface area contributed by atoms with Crippen molar-refractivity contribution in [3.8, 4) is 0 Å². The first-order valence-electron chi connectivity index (χ1n) is 3.24. The molecule has 68 valence electrons. The first kappa shape index (κ1) is 10.7. The number of halogens is 3. The fraction of sp³-hybridized carbons (Fsp3) is 1.00. The maximum atomic E-state index is 11.6. The summed E-state index contributed by atoms with van der Waals surface area (Å²) in [6.45, 7) is 0.518. The van der Waals surface area contributed by atoms with E-state index in [4.69, 9.17) is 5.11 Å². The van der Waals surface area contributed by atoms with Crippen molar-refractivity contribution in [1.29, 1.82) is 0 Å². The summed E-state index contributed by atoms with van der Waals surface area (Å²) < 4.78 is 34.9. The molecule has 11 heavy (non-hydrogen) atoms. The molecule has 0 aliphatic heterocycles. The maximum absolute atomic E-state index is 11.6. The van der Waals surface area contributed by atoms with E-state index in [1.54, 1.807) is 0 Å². The molecular formula is C6H12F3NO. The number of aliphatic hydroxyl groups is 1. The number of aliphatic hydroxyl groups excluding tert-OH is 1. The molecule has 0 radical (unpaired) electrons. The van der Waals surface area contributed by atoms with E-state index in [9.17, 15) is 13.2 Å². The summed E-state index contributed by atoms with van der Waals surface area (Å²) in [4.78, 5) is 1.03. The number of rotatable bonds is 3. The Morgan fingerprint density at radius 3 is 2.18 bits per heavy atom. The van der Waals surface area contributed by atoms with E-state index in [1.165, 1.54) is 14.0 Å². The minimum atomic E-state index is -4.18. The smallest absolute Gasteiger partial charge is 0.392 e. The predicted molar refractivity (Wildman–Crippen MR) is 35.2 cm³/mol. The van der Waals surface area contributed by atoms with E-state index >= 15 is 0 Å². The van der Waals surface area contributed by atoms with Gasteiger partial charge in [-0.05, 0) is 14.0 Å². The highest BCUT2D eigenvalue weighted by Gasteiger charge is 2.29. The van der Waals surface area contributed by atoms with Gasteiger partial charge in [-0.1, -0.05) is 0 Å². The molecule has 1 N–H and O–H groups in total. The van der Waals surface area contributed by atoms with E-state index in [0.717, 1.165) is 4.90 Å². The van der Waals surface area contributed by atoms with Gasteiger partial charge in [-0.15, -0.1) is 0 Å². The van der Waals surface area contributed by atoms with Crippen LogP contribution in [0.2, 0.25) is 0 Å². The van der Waals surface area contributed by atoms with Crippen molar-refractivity contribution in [3.05, 3.63) is 0 Å². The number of hydrogen-bond donors (Lipinski definition) is 1. The van der Waals surface area contributed by atoms with Crippen molar-refractivity contribution >= 4 is 0 Å². The second kappa shape index (κ2) is 3.92. The molecule has 1 atom stereocenters. The van der Waals surface area contributed by atoms with Crippen LogP contribution in [0.1, 0.15) is 6.92 Å². The monoisotopic (exact) mass is 171 g/mol. The zero-order chi connectivity index (χ0) is 9.07. The summed E-state index contributed by atoms with van der Waals surface area (Å²) in [5, 5.41) is 8.71. The van der Waals surface area contributed by atoms with Gasteiger partial charge in [0.1, 0.15) is 0 Å². The zero-order valence-corrected chi connectivity index (χ0v) is 6.52. The van der Waals surface area contributed by atoms with Crippen LogP contribution in [0.5, 0.6) is 0 Å². The van der Waals surface area contributed by atoms with Crippen LogP contribution in [0.3, 0.4) is 0 Å². The van der Waals surface area contributed by atoms with Gasteiger partial charge in [0.2, 0.25) is 0 Å². The minimum absolute atomic E-state index is 0.0412. The van der Waals surface area contributed by atoms with Gasteiger partial charge >= 0.3 is 6.18 Å². The summed E-state index contributed by atoms with van der Waals surface area (Å²) in [5.41, 5.74) is 0. The van der Waals surface area contributed by atoms with Crippen LogP contribution in [0.15, 0.2) is 0 Å². The molecule has 0 spiro atoms. The third-order valence-electron chi connectivity index (χ3n) is 1.03. The molecule has 0 aliphatic rings. The van der Waals surface area contributed by atoms with Gasteiger partial charge in [-0.2, -0.15) is 13.2 Å². The Morgan fingerprint density at radius 2 is 1.91 bits per heavy atom. The molecule has 0 rings (SSSR count). The van der Waals surface area contributed by atoms with Crippen molar-refractivity contribution in [3.63, 3.8) is 0 Å². The predicted octanol–water partition coefficient (Wildman–Crippen LogP) is 0.861. The molecule has 2 nitrogen and oxygen atoms in total. The van der Waals surface area contributed by atoms with Crippen molar-refractivity contribution in [2.45, 2.75) is 19.2 Å². The Kier molecular flexibility index (Phi) is 3.82. The van der Waals surface area contributed by atoms with Crippen molar-refractivity contribution < 1.29 is 18.3 Å². The van der Waals surface area contributed by atoms with Crippen molar-refractivity contribution in [2.24, 2.45) is 0 Å². The molecule has 0 heterocycles. The molecule has 0 aromatic rings. The lowest BCUT2D eigenvalue weighted by molar-refractivity contribution is -0.144. The first-order chi connectivity index (χ1) is 4.81. The standard InChI is InChI=1S/C6H12F3NO/c1-5(11)3-10(2)4-6(7,8)9/h5,11H,3-4H2,1-2H3/t5-/m0/s1. The topological polar surface area (TPSA) is 23.5 Å². The number of alkyl halides is 3. The average Bonchev–Trinajstić information content (AvgIpc) is 1.53. The normalized spacial score (nSPS) is 15.5. The van der Waals surface area contributed by atoms with Crippen LogP contribution in [-0.4, -0.2) is 42.4 Å². The molecule has 0 fully saturated rings. The molecule has 0 saturated carbocycles. The highest BCUT2D eigenvalue weighted by atomic mass is 19.4. The number of hydrogen-bond acceptors (Lipinski definition) is 2. The molecule has 0 amide bonds. The SMILES string of the molecule is C[C@H](O)CN(C)CC(F)(F)F. The summed E-state index contributed by atoms with van der Waals surface area (Å²) in [6.07, 6.45) is -4.90. The second-order valence-corrected chi connectivity index (χ2v) is 2.66. The highest BCUT2D eigenvalue weighted by Crippen LogP contribution is 2.15. The van der Waals surface area contributed by atoms with E-state index in [0.29, 0.717) is 0 Å². The van der Waals surface area contributed by atoms with Gasteiger partial charge in [-0.3, -0.25) is 4.90 Å². The average molecular weight is 171 g/mol. The van der Waals surface area contributed by atoms with E-state index in [-0.39, 0.29) is 6.54 Å². The third kappa shape index (κ3) is 7.61. The molecule has 0 bridgehead atoms. The van der Waals surface area contributed by atoms with Gasteiger partial charge < -0.3 is 5.11 Å².